The molecule has 3 rings (SSSR count). The van der Waals surface area contributed by atoms with Gasteiger partial charge in [-0.15, -0.1) is 12.4 Å². The number of nitrogens with two attached hydrogens (primary N) is 1. The van der Waals surface area contributed by atoms with E-state index in [2.05, 4.69) is 15.0 Å². The molecule has 3 N–H and O–H groups in total. The van der Waals surface area contributed by atoms with Gasteiger partial charge in [0.05, 0.1) is 29.3 Å². The minimum Gasteiger partial charge on any atom is -0.493 e. The number of H-pyrrole nitrogens is 1. The van der Waals surface area contributed by atoms with Gasteiger partial charge < -0.3 is 15.5 Å². The fraction of sp³-hybridized carbons (Fsp3) is 0.316. The molecule has 2 aromatic heterocycles. The fourth-order valence-corrected chi connectivity index (χ4v) is 3.05. The number of nitrogens with zero attached hydrogens (tertiary/aromatic N) is 2. The largest absolute Gasteiger partial charge is 0.493 e. The first-order chi connectivity index (χ1) is 13.7. The Hall–Kier alpha value is -2.36. The van der Waals surface area contributed by atoms with Gasteiger partial charge in [-0.25, -0.2) is 9.97 Å². The van der Waals surface area contributed by atoms with Crippen molar-refractivity contribution in [2.75, 3.05) is 6.61 Å². The molecule has 0 bridgehead atoms. The van der Waals surface area contributed by atoms with Gasteiger partial charge in [0, 0.05) is 18.0 Å². The number of benzene rings is 1. The summed E-state index contributed by atoms with van der Waals surface area (Å²) in [6.07, 6.45) is -2.53. The van der Waals surface area contributed by atoms with Crippen LogP contribution in [0.4, 0.5) is 13.2 Å². The van der Waals surface area contributed by atoms with Gasteiger partial charge in [-0.1, -0.05) is 23.7 Å². The van der Waals surface area contributed by atoms with E-state index in [4.69, 9.17) is 22.1 Å². The molecule has 0 fully saturated rings. The van der Waals surface area contributed by atoms with Crippen molar-refractivity contribution < 1.29 is 17.9 Å². The lowest BCUT2D eigenvalue weighted by Gasteiger charge is -2.19. The lowest BCUT2D eigenvalue weighted by Crippen LogP contribution is -2.16. The summed E-state index contributed by atoms with van der Waals surface area (Å²) in [4.78, 5) is 22.9. The monoisotopic (exact) mass is 462 g/mol. The lowest BCUT2D eigenvalue weighted by atomic mass is 10.0. The van der Waals surface area contributed by atoms with Crippen molar-refractivity contribution in [1.82, 2.24) is 15.0 Å². The molecule has 0 aliphatic rings. The van der Waals surface area contributed by atoms with Gasteiger partial charge in [0.15, 0.2) is 0 Å². The second kappa shape index (κ2) is 9.63. The van der Waals surface area contributed by atoms with Gasteiger partial charge >= 0.3 is 6.18 Å². The van der Waals surface area contributed by atoms with Gasteiger partial charge in [-0.3, -0.25) is 4.79 Å². The van der Waals surface area contributed by atoms with Crippen molar-refractivity contribution in [3.05, 3.63) is 62.9 Å². The molecule has 0 saturated carbocycles. The molecule has 6 nitrogen and oxygen atoms in total. The van der Waals surface area contributed by atoms with Crippen LogP contribution in [0.5, 0.6) is 5.75 Å². The van der Waals surface area contributed by atoms with E-state index in [0.29, 0.717) is 29.6 Å². The van der Waals surface area contributed by atoms with E-state index in [-0.39, 0.29) is 41.0 Å². The Morgan fingerprint density at radius 3 is 2.73 bits per heavy atom. The highest BCUT2D eigenvalue weighted by Gasteiger charge is 2.35. The average molecular weight is 463 g/mol. The molecule has 0 unspecified atom stereocenters. The van der Waals surface area contributed by atoms with Crippen molar-refractivity contribution in [3.63, 3.8) is 0 Å². The zero-order valence-corrected chi connectivity index (χ0v) is 17.4. The molecule has 30 heavy (non-hydrogen) atoms. The Balaban J connectivity index is 0.00000320. The van der Waals surface area contributed by atoms with Gasteiger partial charge in [0.2, 0.25) is 0 Å². The first-order valence-electron chi connectivity index (χ1n) is 8.79. The molecule has 0 spiro atoms. The topological polar surface area (TPSA) is 93.9 Å². The van der Waals surface area contributed by atoms with Crippen LogP contribution in [0.15, 0.2) is 35.3 Å². The number of pyridine rings is 1. The summed E-state index contributed by atoms with van der Waals surface area (Å²) in [6, 6.07) is 4.57. The Morgan fingerprint density at radius 2 is 2.07 bits per heavy atom. The molecule has 1 aromatic carbocycles. The van der Waals surface area contributed by atoms with Gasteiger partial charge in [-0.05, 0) is 25.5 Å². The van der Waals surface area contributed by atoms with Crippen molar-refractivity contribution in [2.45, 2.75) is 32.0 Å². The Bertz CT molecular complexity index is 1090. The smallest absolute Gasteiger partial charge is 0.419 e. The van der Waals surface area contributed by atoms with Crippen LogP contribution in [0.1, 0.15) is 36.3 Å². The maximum Gasteiger partial charge on any atom is 0.419 e. The molecule has 11 heteroatoms. The summed E-state index contributed by atoms with van der Waals surface area (Å²) in [6.45, 7) is 1.58. The molecule has 0 aliphatic heterocycles. The Labute approximate surface area is 181 Å². The van der Waals surface area contributed by atoms with E-state index >= 15 is 0 Å². The lowest BCUT2D eigenvalue weighted by molar-refractivity contribution is -0.139. The van der Waals surface area contributed by atoms with E-state index in [1.165, 1.54) is 24.4 Å². The highest BCUT2D eigenvalue weighted by molar-refractivity contribution is 6.30. The second-order valence-electron chi connectivity index (χ2n) is 6.50. The van der Waals surface area contributed by atoms with Crippen molar-refractivity contribution in [3.8, 4) is 5.75 Å². The first kappa shape index (κ1) is 23.9. The van der Waals surface area contributed by atoms with E-state index in [9.17, 15) is 18.0 Å². The quantitative estimate of drug-likeness (QED) is 0.417. The number of fused-ring (bicyclic) bond motifs is 1. The molecule has 3 aromatic rings. The maximum absolute atomic E-state index is 13.3. The zero-order chi connectivity index (χ0) is 21.2. The third-order valence-corrected chi connectivity index (χ3v) is 4.46. The summed E-state index contributed by atoms with van der Waals surface area (Å²) in [7, 11) is 0. The minimum absolute atomic E-state index is 0. The normalized spacial score (nSPS) is 12.5. The summed E-state index contributed by atoms with van der Waals surface area (Å²) < 4.78 is 45.4. The predicted molar refractivity (Wildman–Crippen MR) is 110 cm³/mol. The average Bonchev–Trinajstić information content (AvgIpc) is 2.65. The van der Waals surface area contributed by atoms with Gasteiger partial charge in [0.1, 0.15) is 16.7 Å². The number of rotatable bonds is 6. The molecule has 1 atom stereocenters. The van der Waals surface area contributed by atoms with Crippen LogP contribution in [0.2, 0.25) is 5.15 Å². The zero-order valence-electron chi connectivity index (χ0n) is 15.8. The number of aromatic amines is 1. The molecule has 162 valence electrons. The van der Waals surface area contributed by atoms with Crippen LogP contribution in [0, 0.1) is 0 Å². The molecular weight excluding hydrogens is 444 g/mol. The third-order valence-electron chi connectivity index (χ3n) is 4.25. The summed E-state index contributed by atoms with van der Waals surface area (Å²) in [5.41, 5.74) is 5.22. The minimum atomic E-state index is -4.56. The van der Waals surface area contributed by atoms with Crippen molar-refractivity contribution >= 4 is 34.9 Å². The number of aromatic nitrogens is 3. The predicted octanol–water partition coefficient (Wildman–Crippen LogP) is 4.44. The third kappa shape index (κ3) is 5.41. The van der Waals surface area contributed by atoms with E-state index in [1.807, 2.05) is 0 Å². The molecule has 2 heterocycles. The Morgan fingerprint density at radius 1 is 1.33 bits per heavy atom. The first-order valence-corrected chi connectivity index (χ1v) is 9.17. The van der Waals surface area contributed by atoms with E-state index < -0.39 is 17.8 Å². The van der Waals surface area contributed by atoms with Crippen LogP contribution in [-0.2, 0) is 12.6 Å². The van der Waals surface area contributed by atoms with E-state index in [1.54, 1.807) is 6.92 Å². The fourth-order valence-electron chi connectivity index (χ4n) is 2.90. The molecule has 0 radical (unpaired) electrons. The Kier molecular flexibility index (Phi) is 7.68. The van der Waals surface area contributed by atoms with Gasteiger partial charge in [-0.2, -0.15) is 13.2 Å². The highest BCUT2D eigenvalue weighted by Crippen LogP contribution is 2.39. The number of ether oxygens (including phenoxy) is 1. The number of halogens is 5. The van der Waals surface area contributed by atoms with Crippen LogP contribution in [0.25, 0.3) is 10.9 Å². The number of hydrogen-bond acceptors (Lipinski definition) is 5. The number of para-hydroxylation sites is 1. The molecular formula is C19H19Cl2F3N4O2. The van der Waals surface area contributed by atoms with E-state index in [0.717, 1.165) is 6.07 Å². The number of nitrogens with one attached hydrogen (secondary N) is 1. The summed E-state index contributed by atoms with van der Waals surface area (Å²) in [5, 5.41) is 0.491. The maximum atomic E-state index is 13.3. The van der Waals surface area contributed by atoms with Crippen LogP contribution >= 0.6 is 24.0 Å². The second-order valence-corrected chi connectivity index (χ2v) is 6.89. The van der Waals surface area contributed by atoms with Crippen LogP contribution < -0.4 is 16.0 Å². The summed E-state index contributed by atoms with van der Waals surface area (Å²) in [5.74, 6) is 0.112. The van der Waals surface area contributed by atoms with Crippen molar-refractivity contribution in [2.24, 2.45) is 5.73 Å². The number of aryl methyl sites for hydroxylation is 1. The van der Waals surface area contributed by atoms with Gasteiger partial charge in [0.25, 0.3) is 5.56 Å². The van der Waals surface area contributed by atoms with Crippen molar-refractivity contribution in [1.29, 1.82) is 0 Å². The highest BCUT2D eigenvalue weighted by atomic mass is 35.5. The summed E-state index contributed by atoms with van der Waals surface area (Å²) >= 11 is 5.77. The standard InChI is InChI=1S/C19H18ClF3N4O2.ClH/c1-10(24)11-4-2-5-13(19(21,22)23)17(11)29-7-3-6-16-26-14-9-25-15(20)8-12(14)18(28)27-16;/h2,4-5,8-10H,3,6-7,24H2,1H3,(H,26,27,28);1H/t10-;/m1./s1. The van der Waals surface area contributed by atoms with Crippen LogP contribution in [0.3, 0.4) is 0 Å². The molecule has 0 aliphatic carbocycles. The molecule has 0 amide bonds. The number of alkyl halides is 3. The molecule has 0 saturated heterocycles. The van der Waals surface area contributed by atoms with Crippen LogP contribution in [-0.4, -0.2) is 21.6 Å². The SMILES string of the molecule is C[C@@H](N)c1cccc(C(F)(F)F)c1OCCCc1nc2cnc(Cl)cc2c(=O)[nH]1.Cl. The number of hydrogen-bond donors (Lipinski definition) is 2.